The van der Waals surface area contributed by atoms with Crippen LogP contribution in [0.4, 0.5) is 0 Å². The van der Waals surface area contributed by atoms with E-state index in [1.807, 2.05) is 0 Å². The molecule has 102 valence electrons. The number of carbonyl (C=O) groups is 2. The Hall–Kier alpha value is -1.10. The second kappa shape index (κ2) is 6.18. The molecule has 2 rings (SSSR count). The lowest BCUT2D eigenvalue weighted by atomic mass is 10.0. The van der Waals surface area contributed by atoms with E-state index in [-0.39, 0.29) is 12.5 Å². The summed E-state index contributed by atoms with van der Waals surface area (Å²) in [6.07, 6.45) is 7.11. The van der Waals surface area contributed by atoms with Gasteiger partial charge in [-0.3, -0.25) is 14.5 Å². The number of rotatable bonds is 2. The normalized spacial score (nSPS) is 28.2. The SMILES string of the molecule is O=C1CN(C2CCCCCC2)CC(C(=O)O)CN1. The van der Waals surface area contributed by atoms with Gasteiger partial charge in [0.15, 0.2) is 0 Å². The van der Waals surface area contributed by atoms with E-state index < -0.39 is 11.9 Å². The Labute approximate surface area is 108 Å². The Morgan fingerprint density at radius 3 is 2.50 bits per heavy atom. The van der Waals surface area contributed by atoms with E-state index >= 15 is 0 Å². The molecule has 0 aromatic carbocycles. The number of hydrogen-bond donors (Lipinski definition) is 2. The van der Waals surface area contributed by atoms with Crippen molar-refractivity contribution in [1.82, 2.24) is 10.2 Å². The summed E-state index contributed by atoms with van der Waals surface area (Å²) in [6.45, 7) is 1.12. The van der Waals surface area contributed by atoms with Gasteiger partial charge in [0, 0.05) is 19.1 Å². The van der Waals surface area contributed by atoms with Gasteiger partial charge in [-0.2, -0.15) is 0 Å². The van der Waals surface area contributed by atoms with Crippen LogP contribution >= 0.6 is 0 Å². The molecule has 0 aromatic heterocycles. The number of nitrogens with one attached hydrogen (secondary N) is 1. The van der Waals surface area contributed by atoms with Crippen molar-refractivity contribution in [3.05, 3.63) is 0 Å². The first-order chi connectivity index (χ1) is 8.66. The fourth-order valence-electron chi connectivity index (χ4n) is 2.96. The Morgan fingerprint density at radius 1 is 1.22 bits per heavy atom. The predicted octanol–water partition coefficient (Wildman–Crippen LogP) is 0.842. The molecule has 1 saturated heterocycles. The van der Waals surface area contributed by atoms with Crippen molar-refractivity contribution in [3.63, 3.8) is 0 Å². The first-order valence-electron chi connectivity index (χ1n) is 6.90. The highest BCUT2D eigenvalue weighted by atomic mass is 16.4. The molecule has 1 saturated carbocycles. The second-order valence-electron chi connectivity index (χ2n) is 5.41. The van der Waals surface area contributed by atoms with Crippen LogP contribution in [0.5, 0.6) is 0 Å². The highest BCUT2D eigenvalue weighted by Crippen LogP contribution is 2.23. The van der Waals surface area contributed by atoms with Crippen molar-refractivity contribution < 1.29 is 14.7 Å². The molecule has 5 nitrogen and oxygen atoms in total. The molecule has 18 heavy (non-hydrogen) atoms. The molecule has 1 heterocycles. The van der Waals surface area contributed by atoms with E-state index in [0.29, 0.717) is 19.1 Å². The van der Waals surface area contributed by atoms with E-state index in [9.17, 15) is 9.59 Å². The first-order valence-corrected chi connectivity index (χ1v) is 6.90. The van der Waals surface area contributed by atoms with Gasteiger partial charge in [0.2, 0.25) is 5.91 Å². The molecule has 0 aromatic rings. The molecule has 0 radical (unpaired) electrons. The topological polar surface area (TPSA) is 69.6 Å². The summed E-state index contributed by atoms with van der Waals surface area (Å²) in [4.78, 5) is 24.9. The van der Waals surface area contributed by atoms with Gasteiger partial charge < -0.3 is 10.4 Å². The molecule has 1 amide bonds. The number of hydrogen-bond acceptors (Lipinski definition) is 3. The molecule has 1 aliphatic carbocycles. The van der Waals surface area contributed by atoms with Crippen LogP contribution in [0.25, 0.3) is 0 Å². The van der Waals surface area contributed by atoms with Crippen LogP contribution in [0.2, 0.25) is 0 Å². The lowest BCUT2D eigenvalue weighted by molar-refractivity contribution is -0.142. The Bertz CT molecular complexity index is 311. The zero-order chi connectivity index (χ0) is 13.0. The Morgan fingerprint density at radius 2 is 1.89 bits per heavy atom. The molecular formula is C13H22N2O3. The molecule has 0 bridgehead atoms. The van der Waals surface area contributed by atoms with Crippen LogP contribution < -0.4 is 5.32 Å². The average molecular weight is 254 g/mol. The van der Waals surface area contributed by atoms with Crippen LogP contribution in [0.1, 0.15) is 38.5 Å². The van der Waals surface area contributed by atoms with Gasteiger partial charge in [0.05, 0.1) is 12.5 Å². The van der Waals surface area contributed by atoms with Gasteiger partial charge in [-0.25, -0.2) is 0 Å². The molecule has 2 fully saturated rings. The zero-order valence-corrected chi connectivity index (χ0v) is 10.7. The average Bonchev–Trinajstić information content (AvgIpc) is 2.69. The van der Waals surface area contributed by atoms with Crippen LogP contribution in [0.15, 0.2) is 0 Å². The molecule has 0 spiro atoms. The predicted molar refractivity (Wildman–Crippen MR) is 67.2 cm³/mol. The molecule has 1 unspecified atom stereocenters. The third kappa shape index (κ3) is 3.45. The van der Waals surface area contributed by atoms with E-state index in [0.717, 1.165) is 12.8 Å². The molecular weight excluding hydrogens is 232 g/mol. The summed E-state index contributed by atoms with van der Waals surface area (Å²) in [5, 5.41) is 11.8. The van der Waals surface area contributed by atoms with Crippen molar-refractivity contribution in [1.29, 1.82) is 0 Å². The largest absolute Gasteiger partial charge is 0.481 e. The second-order valence-corrected chi connectivity index (χ2v) is 5.41. The summed E-state index contributed by atoms with van der Waals surface area (Å²) in [7, 11) is 0. The van der Waals surface area contributed by atoms with Gasteiger partial charge in [-0.05, 0) is 12.8 Å². The van der Waals surface area contributed by atoms with Crippen molar-refractivity contribution >= 4 is 11.9 Å². The summed E-state index contributed by atoms with van der Waals surface area (Å²) in [5.41, 5.74) is 0. The maximum absolute atomic E-state index is 11.6. The standard InChI is InChI=1S/C13H22N2O3/c16-12-9-15(8-10(7-14-12)13(17)18)11-5-3-1-2-4-6-11/h10-11H,1-9H2,(H,14,16)(H,17,18). The maximum Gasteiger partial charge on any atom is 0.309 e. The molecule has 5 heteroatoms. The van der Waals surface area contributed by atoms with Gasteiger partial charge in [-0.15, -0.1) is 0 Å². The fourth-order valence-corrected chi connectivity index (χ4v) is 2.96. The highest BCUT2D eigenvalue weighted by molar-refractivity contribution is 5.80. The molecule has 1 aliphatic heterocycles. The molecule has 2 N–H and O–H groups in total. The minimum atomic E-state index is -0.809. The van der Waals surface area contributed by atoms with Crippen LogP contribution in [-0.4, -0.2) is 47.6 Å². The summed E-state index contributed by atoms with van der Waals surface area (Å²) >= 11 is 0. The highest BCUT2D eigenvalue weighted by Gasteiger charge is 2.30. The number of carboxylic acids is 1. The van der Waals surface area contributed by atoms with E-state index in [4.69, 9.17) is 5.11 Å². The van der Waals surface area contributed by atoms with E-state index in [1.165, 1.54) is 25.7 Å². The maximum atomic E-state index is 11.6. The quantitative estimate of drug-likeness (QED) is 0.717. The Kier molecular flexibility index (Phi) is 4.58. The lowest BCUT2D eigenvalue weighted by Crippen LogP contribution is -2.41. The summed E-state index contributed by atoms with van der Waals surface area (Å²) < 4.78 is 0. The van der Waals surface area contributed by atoms with Crippen molar-refractivity contribution in [2.24, 2.45) is 5.92 Å². The fraction of sp³-hybridized carbons (Fsp3) is 0.846. The molecule has 2 aliphatic rings. The zero-order valence-electron chi connectivity index (χ0n) is 10.7. The first kappa shape index (κ1) is 13.3. The molecule has 1 atom stereocenters. The third-order valence-electron chi connectivity index (χ3n) is 4.04. The lowest BCUT2D eigenvalue weighted by Gasteiger charge is -2.30. The van der Waals surface area contributed by atoms with Gasteiger partial charge in [0.1, 0.15) is 0 Å². The van der Waals surface area contributed by atoms with Crippen LogP contribution in [-0.2, 0) is 9.59 Å². The third-order valence-corrected chi connectivity index (χ3v) is 4.04. The van der Waals surface area contributed by atoms with Crippen molar-refractivity contribution in [2.45, 2.75) is 44.6 Å². The van der Waals surface area contributed by atoms with Gasteiger partial charge in [-0.1, -0.05) is 25.7 Å². The van der Waals surface area contributed by atoms with Crippen LogP contribution in [0, 0.1) is 5.92 Å². The number of carbonyl (C=O) groups excluding carboxylic acids is 1. The van der Waals surface area contributed by atoms with E-state index in [2.05, 4.69) is 10.2 Å². The van der Waals surface area contributed by atoms with Crippen molar-refractivity contribution in [2.75, 3.05) is 19.6 Å². The monoisotopic (exact) mass is 254 g/mol. The minimum absolute atomic E-state index is 0.0389. The van der Waals surface area contributed by atoms with Crippen molar-refractivity contribution in [3.8, 4) is 0 Å². The Balaban J connectivity index is 2.03. The number of amides is 1. The summed E-state index contributed by atoms with van der Waals surface area (Å²) in [5.74, 6) is -1.32. The van der Waals surface area contributed by atoms with Gasteiger partial charge in [0.25, 0.3) is 0 Å². The smallest absolute Gasteiger partial charge is 0.309 e. The minimum Gasteiger partial charge on any atom is -0.481 e. The van der Waals surface area contributed by atoms with E-state index in [1.54, 1.807) is 0 Å². The van der Waals surface area contributed by atoms with Crippen LogP contribution in [0.3, 0.4) is 0 Å². The number of aliphatic carboxylic acids is 1. The van der Waals surface area contributed by atoms with Gasteiger partial charge >= 0.3 is 5.97 Å². The number of carboxylic acid groups (broad SMARTS) is 1. The number of nitrogens with zero attached hydrogens (tertiary/aromatic N) is 1. The summed E-state index contributed by atoms with van der Waals surface area (Å²) in [6, 6.07) is 0.387.